The minimum absolute atomic E-state index is 0.138. The van der Waals surface area contributed by atoms with E-state index in [2.05, 4.69) is 0 Å². The average molecular weight is 393 g/mol. The van der Waals surface area contributed by atoms with Gasteiger partial charge in [-0.15, -0.1) is 0 Å². The van der Waals surface area contributed by atoms with E-state index >= 15 is 0 Å². The van der Waals surface area contributed by atoms with E-state index < -0.39 is 5.97 Å². The summed E-state index contributed by atoms with van der Waals surface area (Å²) in [5.74, 6) is -1.19. The van der Waals surface area contributed by atoms with Crippen LogP contribution in [-0.4, -0.2) is 53.0 Å². The summed E-state index contributed by atoms with van der Waals surface area (Å²) >= 11 is 12.0. The quantitative estimate of drug-likeness (QED) is 0.847. The lowest BCUT2D eigenvalue weighted by Crippen LogP contribution is -2.52. The van der Waals surface area contributed by atoms with Crippen molar-refractivity contribution in [1.29, 1.82) is 0 Å². The Balaban J connectivity index is 1.89. The molecule has 1 aliphatic rings. The molecule has 2 aromatic carbocycles. The highest BCUT2D eigenvalue weighted by Gasteiger charge is 2.31. The second kappa shape index (κ2) is 8.08. The molecule has 0 radical (unpaired) electrons. The number of carboxylic acids is 1. The molecule has 0 unspecified atom stereocenters. The number of rotatable bonds is 5. The minimum atomic E-state index is -1.00. The van der Waals surface area contributed by atoms with E-state index in [9.17, 15) is 9.59 Å². The first kappa shape index (κ1) is 18.7. The summed E-state index contributed by atoms with van der Waals surface area (Å²) in [5, 5.41) is 10.2. The van der Waals surface area contributed by atoms with Gasteiger partial charge >= 0.3 is 5.97 Å². The molecule has 0 spiro atoms. The summed E-state index contributed by atoms with van der Waals surface area (Å²) in [6.07, 6.45) is 0. The molecule has 0 atom stereocenters. The first-order valence-corrected chi connectivity index (χ1v) is 8.94. The lowest BCUT2D eigenvalue weighted by molar-refractivity contribution is -0.147. The number of benzene rings is 2. The van der Waals surface area contributed by atoms with Crippen molar-refractivity contribution in [1.82, 2.24) is 9.80 Å². The fourth-order valence-electron chi connectivity index (χ4n) is 3.18. The van der Waals surface area contributed by atoms with Gasteiger partial charge in [0.1, 0.15) is 6.54 Å². The van der Waals surface area contributed by atoms with Crippen LogP contribution in [-0.2, 0) is 9.59 Å². The van der Waals surface area contributed by atoms with Crippen molar-refractivity contribution in [3.8, 4) is 0 Å². The lowest BCUT2D eigenvalue weighted by Gasteiger charge is -2.38. The topological polar surface area (TPSA) is 60.9 Å². The van der Waals surface area contributed by atoms with Crippen LogP contribution in [0.15, 0.2) is 48.5 Å². The van der Waals surface area contributed by atoms with Crippen molar-refractivity contribution in [3.63, 3.8) is 0 Å². The molecule has 136 valence electrons. The maximum Gasteiger partial charge on any atom is 0.323 e. The standard InChI is InChI=1S/C19H18Cl2N2O3/c20-15-5-1-13(2-6-15)19(14-3-7-16(21)8-4-14)23-10-9-22(12-18(25)26)17(24)11-23/h1-8,19H,9-12H2,(H,25,26). The van der Waals surface area contributed by atoms with Crippen LogP contribution in [0.1, 0.15) is 17.2 Å². The van der Waals surface area contributed by atoms with Crippen molar-refractivity contribution < 1.29 is 14.7 Å². The van der Waals surface area contributed by atoms with Gasteiger partial charge in [0.15, 0.2) is 0 Å². The van der Waals surface area contributed by atoms with Crippen LogP contribution < -0.4 is 0 Å². The minimum Gasteiger partial charge on any atom is -0.480 e. The number of piperazine rings is 1. The largest absolute Gasteiger partial charge is 0.480 e. The Hall–Kier alpha value is -2.08. The fraction of sp³-hybridized carbons (Fsp3) is 0.263. The first-order valence-electron chi connectivity index (χ1n) is 8.18. The fourth-order valence-corrected chi connectivity index (χ4v) is 3.43. The molecule has 1 N–H and O–H groups in total. The molecule has 0 bridgehead atoms. The summed E-state index contributed by atoms with van der Waals surface area (Å²) in [5.41, 5.74) is 2.02. The van der Waals surface area contributed by atoms with Gasteiger partial charge in [0, 0.05) is 23.1 Å². The molecule has 0 aromatic heterocycles. The Morgan fingerprint density at radius 1 is 0.962 bits per heavy atom. The number of halogens is 2. The second-order valence-corrected chi connectivity index (χ2v) is 7.06. The zero-order valence-corrected chi connectivity index (χ0v) is 15.5. The Kier molecular flexibility index (Phi) is 5.81. The molecule has 1 aliphatic heterocycles. The van der Waals surface area contributed by atoms with Crippen molar-refractivity contribution in [2.24, 2.45) is 0 Å². The van der Waals surface area contributed by atoms with Crippen molar-refractivity contribution in [2.45, 2.75) is 6.04 Å². The maximum absolute atomic E-state index is 12.4. The van der Waals surface area contributed by atoms with E-state index in [1.54, 1.807) is 0 Å². The second-order valence-electron chi connectivity index (χ2n) is 6.19. The Labute approximate surface area is 161 Å². The van der Waals surface area contributed by atoms with Crippen LogP contribution in [0.3, 0.4) is 0 Å². The summed E-state index contributed by atoms with van der Waals surface area (Å²) in [7, 11) is 0. The number of hydrogen-bond donors (Lipinski definition) is 1. The van der Waals surface area contributed by atoms with Gasteiger partial charge in [-0.1, -0.05) is 47.5 Å². The summed E-state index contributed by atoms with van der Waals surface area (Å²) in [6.45, 7) is 0.847. The van der Waals surface area contributed by atoms with Crippen LogP contribution in [0.5, 0.6) is 0 Å². The van der Waals surface area contributed by atoms with E-state index in [0.29, 0.717) is 23.1 Å². The number of carbonyl (C=O) groups excluding carboxylic acids is 1. The smallest absolute Gasteiger partial charge is 0.323 e. The highest BCUT2D eigenvalue weighted by molar-refractivity contribution is 6.30. The predicted octanol–water partition coefficient (Wildman–Crippen LogP) is 3.31. The molecule has 7 heteroatoms. The Morgan fingerprint density at radius 2 is 1.46 bits per heavy atom. The number of aliphatic carboxylic acids is 1. The Morgan fingerprint density at radius 3 is 1.88 bits per heavy atom. The molecule has 26 heavy (non-hydrogen) atoms. The van der Waals surface area contributed by atoms with Crippen molar-refractivity contribution >= 4 is 35.1 Å². The molecule has 2 aromatic rings. The Bertz CT molecular complexity index is 748. The van der Waals surface area contributed by atoms with Gasteiger partial charge in [0.25, 0.3) is 0 Å². The SMILES string of the molecule is O=C(O)CN1CCN(C(c2ccc(Cl)cc2)c2ccc(Cl)cc2)CC1=O. The molecule has 5 nitrogen and oxygen atoms in total. The summed E-state index contributed by atoms with van der Waals surface area (Å²) in [6, 6.07) is 14.9. The maximum atomic E-state index is 12.4. The van der Waals surface area contributed by atoms with Gasteiger partial charge in [-0.05, 0) is 35.4 Å². The molecule has 0 saturated carbocycles. The zero-order valence-electron chi connectivity index (χ0n) is 13.9. The molecular formula is C19H18Cl2N2O3. The first-order chi connectivity index (χ1) is 12.4. The number of carboxylic acid groups (broad SMARTS) is 1. The molecular weight excluding hydrogens is 375 g/mol. The van der Waals surface area contributed by atoms with Crippen LogP contribution in [0, 0.1) is 0 Å². The molecule has 1 amide bonds. The third-order valence-corrected chi connectivity index (χ3v) is 4.91. The number of carbonyl (C=O) groups is 2. The number of hydrogen-bond acceptors (Lipinski definition) is 3. The number of nitrogens with zero attached hydrogens (tertiary/aromatic N) is 2. The predicted molar refractivity (Wildman–Crippen MR) is 101 cm³/mol. The van der Waals surface area contributed by atoms with Crippen LogP contribution in [0.2, 0.25) is 10.0 Å². The van der Waals surface area contributed by atoms with Gasteiger partial charge in [-0.2, -0.15) is 0 Å². The van der Waals surface area contributed by atoms with Gasteiger partial charge in [-0.3, -0.25) is 14.5 Å². The summed E-state index contributed by atoms with van der Waals surface area (Å²) in [4.78, 5) is 26.7. The average Bonchev–Trinajstić information content (AvgIpc) is 2.60. The van der Waals surface area contributed by atoms with E-state index in [1.165, 1.54) is 4.90 Å². The third-order valence-electron chi connectivity index (χ3n) is 4.41. The van der Waals surface area contributed by atoms with E-state index in [-0.39, 0.29) is 25.0 Å². The van der Waals surface area contributed by atoms with E-state index in [1.807, 2.05) is 53.4 Å². The van der Waals surface area contributed by atoms with E-state index in [0.717, 1.165) is 11.1 Å². The normalized spacial score (nSPS) is 15.5. The molecule has 1 fully saturated rings. The van der Waals surface area contributed by atoms with Crippen LogP contribution in [0.4, 0.5) is 0 Å². The van der Waals surface area contributed by atoms with Gasteiger partial charge in [-0.25, -0.2) is 0 Å². The molecule has 3 rings (SSSR count). The van der Waals surface area contributed by atoms with Gasteiger partial charge in [0.05, 0.1) is 12.6 Å². The molecule has 1 saturated heterocycles. The third kappa shape index (κ3) is 4.36. The molecule has 1 heterocycles. The monoisotopic (exact) mass is 392 g/mol. The zero-order chi connectivity index (χ0) is 18.7. The van der Waals surface area contributed by atoms with Crippen molar-refractivity contribution in [2.75, 3.05) is 26.2 Å². The van der Waals surface area contributed by atoms with E-state index in [4.69, 9.17) is 28.3 Å². The number of amides is 1. The highest BCUT2D eigenvalue weighted by atomic mass is 35.5. The lowest BCUT2D eigenvalue weighted by atomic mass is 9.96. The van der Waals surface area contributed by atoms with Gasteiger partial charge in [0.2, 0.25) is 5.91 Å². The van der Waals surface area contributed by atoms with Crippen LogP contribution in [0.25, 0.3) is 0 Å². The molecule has 0 aliphatic carbocycles. The van der Waals surface area contributed by atoms with Crippen LogP contribution >= 0.6 is 23.2 Å². The van der Waals surface area contributed by atoms with Crippen molar-refractivity contribution in [3.05, 3.63) is 69.7 Å². The van der Waals surface area contributed by atoms with Gasteiger partial charge < -0.3 is 10.0 Å². The highest BCUT2D eigenvalue weighted by Crippen LogP contribution is 2.31. The summed E-state index contributed by atoms with van der Waals surface area (Å²) < 4.78 is 0.